The third-order valence-corrected chi connectivity index (χ3v) is 5.01. The fraction of sp³-hybridized carbons (Fsp3) is 0.286. The SMILES string of the molecule is CCCn1c(=O)c2[nH]c(-c3cnn(Cc4ccccc4F)c3)cc2n(CC)c1=O. The molecule has 150 valence electrons. The lowest BCUT2D eigenvalue weighted by Crippen LogP contribution is -2.39. The molecule has 0 saturated heterocycles. The molecule has 4 rings (SSSR count). The van der Waals surface area contributed by atoms with Crippen molar-refractivity contribution in [1.29, 1.82) is 0 Å². The van der Waals surface area contributed by atoms with Gasteiger partial charge in [-0.3, -0.25) is 18.6 Å². The number of benzene rings is 1. The van der Waals surface area contributed by atoms with Crippen molar-refractivity contribution in [1.82, 2.24) is 23.9 Å². The normalized spacial score (nSPS) is 11.4. The monoisotopic (exact) mass is 395 g/mol. The molecular weight excluding hydrogens is 373 g/mol. The Morgan fingerprint density at radius 1 is 1.14 bits per heavy atom. The molecule has 0 aliphatic heterocycles. The summed E-state index contributed by atoms with van der Waals surface area (Å²) in [6.45, 7) is 4.94. The van der Waals surface area contributed by atoms with Gasteiger partial charge in [0.1, 0.15) is 11.3 Å². The largest absolute Gasteiger partial charge is 0.349 e. The van der Waals surface area contributed by atoms with Crippen LogP contribution in [-0.2, 0) is 19.6 Å². The molecule has 3 aromatic heterocycles. The number of hydrogen-bond acceptors (Lipinski definition) is 3. The summed E-state index contributed by atoms with van der Waals surface area (Å²) in [4.78, 5) is 28.6. The molecule has 0 saturated carbocycles. The topological polar surface area (TPSA) is 77.6 Å². The summed E-state index contributed by atoms with van der Waals surface area (Å²) in [6, 6.07) is 8.36. The maximum Gasteiger partial charge on any atom is 0.331 e. The number of nitrogens with one attached hydrogen (secondary N) is 1. The lowest BCUT2D eigenvalue weighted by molar-refractivity contribution is 0.574. The first-order valence-electron chi connectivity index (χ1n) is 9.66. The van der Waals surface area contributed by atoms with E-state index in [2.05, 4.69) is 10.1 Å². The van der Waals surface area contributed by atoms with Crippen LogP contribution in [0.4, 0.5) is 4.39 Å². The van der Waals surface area contributed by atoms with Gasteiger partial charge in [-0.25, -0.2) is 9.18 Å². The van der Waals surface area contributed by atoms with Crippen LogP contribution >= 0.6 is 0 Å². The van der Waals surface area contributed by atoms with E-state index in [-0.39, 0.29) is 17.1 Å². The van der Waals surface area contributed by atoms with E-state index in [1.807, 2.05) is 13.8 Å². The Morgan fingerprint density at radius 2 is 1.93 bits per heavy atom. The Morgan fingerprint density at radius 3 is 2.66 bits per heavy atom. The molecule has 8 heteroatoms. The van der Waals surface area contributed by atoms with E-state index in [9.17, 15) is 14.0 Å². The number of nitrogens with zero attached hydrogens (tertiary/aromatic N) is 4. The molecule has 0 radical (unpaired) electrons. The molecule has 0 fully saturated rings. The fourth-order valence-corrected chi connectivity index (χ4v) is 3.56. The average molecular weight is 395 g/mol. The van der Waals surface area contributed by atoms with Crippen LogP contribution in [0, 0.1) is 5.82 Å². The van der Waals surface area contributed by atoms with Gasteiger partial charge in [0.25, 0.3) is 5.56 Å². The van der Waals surface area contributed by atoms with E-state index < -0.39 is 0 Å². The minimum Gasteiger partial charge on any atom is -0.349 e. The van der Waals surface area contributed by atoms with E-state index in [1.54, 1.807) is 45.9 Å². The van der Waals surface area contributed by atoms with E-state index in [1.165, 1.54) is 10.6 Å². The van der Waals surface area contributed by atoms with Crippen molar-refractivity contribution in [3.05, 3.63) is 74.9 Å². The Balaban J connectivity index is 1.77. The molecule has 4 aromatic rings. The molecule has 29 heavy (non-hydrogen) atoms. The molecule has 0 unspecified atom stereocenters. The lowest BCUT2D eigenvalue weighted by atomic mass is 10.2. The standard InChI is InChI=1S/C21H22FN5O2/c1-3-9-27-20(28)19-18(26(4-2)21(27)29)10-17(24-19)15-11-23-25(13-15)12-14-7-5-6-8-16(14)22/h5-8,10-11,13,24H,3-4,9,12H2,1-2H3. The summed E-state index contributed by atoms with van der Waals surface area (Å²) in [6.07, 6.45) is 4.14. The predicted octanol–water partition coefficient (Wildman–Crippen LogP) is 2.97. The molecule has 0 aliphatic rings. The summed E-state index contributed by atoms with van der Waals surface area (Å²) in [5.74, 6) is -0.279. The molecule has 0 atom stereocenters. The number of aromatic amines is 1. The maximum atomic E-state index is 13.9. The highest BCUT2D eigenvalue weighted by Gasteiger charge is 2.16. The molecule has 7 nitrogen and oxygen atoms in total. The average Bonchev–Trinajstić information content (AvgIpc) is 3.35. The summed E-state index contributed by atoms with van der Waals surface area (Å²) >= 11 is 0. The molecular formula is C21H22FN5O2. The zero-order valence-electron chi connectivity index (χ0n) is 16.4. The first-order valence-corrected chi connectivity index (χ1v) is 9.66. The minimum atomic E-state index is -0.318. The second-order valence-electron chi connectivity index (χ2n) is 6.94. The highest BCUT2D eigenvalue weighted by atomic mass is 19.1. The Bertz CT molecular complexity index is 1290. The zero-order chi connectivity index (χ0) is 20.5. The third kappa shape index (κ3) is 3.30. The van der Waals surface area contributed by atoms with Gasteiger partial charge in [0, 0.05) is 30.4 Å². The van der Waals surface area contributed by atoms with Gasteiger partial charge in [0.15, 0.2) is 0 Å². The van der Waals surface area contributed by atoms with Crippen molar-refractivity contribution in [2.75, 3.05) is 0 Å². The number of halogens is 1. The highest BCUT2D eigenvalue weighted by Crippen LogP contribution is 2.22. The van der Waals surface area contributed by atoms with Gasteiger partial charge in [0.2, 0.25) is 0 Å². The number of H-pyrrole nitrogens is 1. The first-order chi connectivity index (χ1) is 14.0. The molecule has 0 bridgehead atoms. The summed E-state index contributed by atoms with van der Waals surface area (Å²) in [5, 5.41) is 4.31. The third-order valence-electron chi connectivity index (χ3n) is 5.01. The van der Waals surface area contributed by atoms with Crippen LogP contribution in [0.15, 0.2) is 52.3 Å². The van der Waals surface area contributed by atoms with Crippen molar-refractivity contribution in [2.45, 2.75) is 39.9 Å². The number of fused-ring (bicyclic) bond motifs is 1. The Hall–Kier alpha value is -3.42. The maximum absolute atomic E-state index is 13.9. The van der Waals surface area contributed by atoms with Crippen LogP contribution in [-0.4, -0.2) is 23.9 Å². The van der Waals surface area contributed by atoms with E-state index in [0.717, 1.165) is 5.56 Å². The number of hydrogen-bond donors (Lipinski definition) is 1. The minimum absolute atomic E-state index is 0.279. The molecule has 3 heterocycles. The zero-order valence-corrected chi connectivity index (χ0v) is 16.4. The predicted molar refractivity (Wildman–Crippen MR) is 110 cm³/mol. The van der Waals surface area contributed by atoms with Crippen molar-refractivity contribution in [3.8, 4) is 11.3 Å². The molecule has 1 N–H and O–H groups in total. The van der Waals surface area contributed by atoms with Gasteiger partial charge in [-0.1, -0.05) is 25.1 Å². The first kappa shape index (κ1) is 18.9. The van der Waals surface area contributed by atoms with Gasteiger partial charge < -0.3 is 4.98 Å². The summed E-state index contributed by atoms with van der Waals surface area (Å²) in [7, 11) is 0. The highest BCUT2D eigenvalue weighted by molar-refractivity contribution is 5.82. The van der Waals surface area contributed by atoms with Gasteiger partial charge in [-0.05, 0) is 25.5 Å². The summed E-state index contributed by atoms with van der Waals surface area (Å²) < 4.78 is 18.4. The molecule has 1 aromatic carbocycles. The molecule has 0 amide bonds. The quantitative estimate of drug-likeness (QED) is 0.545. The Kier molecular flexibility index (Phi) is 4.92. The van der Waals surface area contributed by atoms with Crippen LogP contribution in [0.5, 0.6) is 0 Å². The number of aryl methyl sites for hydroxylation is 1. The van der Waals surface area contributed by atoms with Gasteiger partial charge >= 0.3 is 5.69 Å². The van der Waals surface area contributed by atoms with Crippen LogP contribution in [0.3, 0.4) is 0 Å². The second-order valence-corrected chi connectivity index (χ2v) is 6.94. The number of aromatic nitrogens is 5. The lowest BCUT2D eigenvalue weighted by Gasteiger charge is -2.09. The fourth-order valence-electron chi connectivity index (χ4n) is 3.56. The van der Waals surface area contributed by atoms with Crippen molar-refractivity contribution in [2.24, 2.45) is 0 Å². The second kappa shape index (κ2) is 7.54. The van der Waals surface area contributed by atoms with Crippen molar-refractivity contribution >= 4 is 11.0 Å². The van der Waals surface area contributed by atoms with Crippen LogP contribution in [0.25, 0.3) is 22.3 Å². The van der Waals surface area contributed by atoms with Gasteiger partial charge in [-0.15, -0.1) is 0 Å². The van der Waals surface area contributed by atoms with Gasteiger partial charge in [0.05, 0.1) is 24.0 Å². The van der Waals surface area contributed by atoms with Crippen LogP contribution < -0.4 is 11.2 Å². The Labute approximate surface area is 166 Å². The van der Waals surface area contributed by atoms with Gasteiger partial charge in [-0.2, -0.15) is 5.10 Å². The van der Waals surface area contributed by atoms with E-state index in [0.29, 0.717) is 48.3 Å². The number of rotatable bonds is 6. The summed E-state index contributed by atoms with van der Waals surface area (Å²) in [5.41, 5.74) is 2.35. The van der Waals surface area contributed by atoms with Crippen LogP contribution in [0.2, 0.25) is 0 Å². The van der Waals surface area contributed by atoms with E-state index >= 15 is 0 Å². The van der Waals surface area contributed by atoms with Crippen molar-refractivity contribution < 1.29 is 4.39 Å². The smallest absolute Gasteiger partial charge is 0.331 e. The van der Waals surface area contributed by atoms with Crippen molar-refractivity contribution in [3.63, 3.8) is 0 Å². The molecule has 0 spiro atoms. The van der Waals surface area contributed by atoms with Crippen LogP contribution in [0.1, 0.15) is 25.8 Å². The molecule has 0 aliphatic carbocycles. The van der Waals surface area contributed by atoms with E-state index in [4.69, 9.17) is 0 Å².